The third kappa shape index (κ3) is 4.68. The Kier molecular flexibility index (Phi) is 5.06. The number of carbonyl (C=O) groups is 1. The number of ether oxygens (including phenoxy) is 2. The van der Waals surface area contributed by atoms with Gasteiger partial charge in [0.15, 0.2) is 6.61 Å². The molecule has 0 amide bonds. The van der Waals surface area contributed by atoms with E-state index in [-0.39, 0.29) is 13.2 Å². The molecule has 0 aromatic heterocycles. The summed E-state index contributed by atoms with van der Waals surface area (Å²) in [6, 6.07) is 12.4. The summed E-state index contributed by atoms with van der Waals surface area (Å²) in [7, 11) is 0. The van der Waals surface area contributed by atoms with E-state index in [1.807, 2.05) is 25.1 Å². The topological polar surface area (TPSA) is 61.5 Å². The number of halogens is 1. The molecule has 0 spiro atoms. The molecule has 2 aromatic carbocycles. The first kappa shape index (κ1) is 15.2. The van der Waals surface area contributed by atoms with E-state index in [0.717, 1.165) is 11.1 Å². The standard InChI is InChI=1S/C16H16ClNO3/c1-11-2-3-12(15(17)8-11)9-21-16(19)10-20-14-6-4-13(18)5-7-14/h2-8H,9-10,18H2,1H3. The quantitative estimate of drug-likeness (QED) is 0.679. The third-order valence-electron chi connectivity index (χ3n) is 2.83. The fourth-order valence-corrected chi connectivity index (χ4v) is 1.97. The van der Waals surface area contributed by atoms with Gasteiger partial charge in [-0.1, -0.05) is 23.7 Å². The maximum Gasteiger partial charge on any atom is 0.344 e. The highest BCUT2D eigenvalue weighted by Crippen LogP contribution is 2.18. The molecule has 0 atom stereocenters. The lowest BCUT2D eigenvalue weighted by atomic mass is 10.2. The summed E-state index contributed by atoms with van der Waals surface area (Å²) < 4.78 is 10.4. The van der Waals surface area contributed by atoms with Gasteiger partial charge in [0.2, 0.25) is 0 Å². The first-order chi connectivity index (χ1) is 10.0. The van der Waals surface area contributed by atoms with Crippen LogP contribution in [0.1, 0.15) is 11.1 Å². The molecule has 2 rings (SSSR count). The van der Waals surface area contributed by atoms with Crippen molar-refractivity contribution in [1.29, 1.82) is 0 Å². The van der Waals surface area contributed by atoms with Crippen LogP contribution in [0.25, 0.3) is 0 Å². The summed E-state index contributed by atoms with van der Waals surface area (Å²) in [5.74, 6) is 0.109. The molecule has 0 aliphatic rings. The van der Waals surface area contributed by atoms with Crippen LogP contribution >= 0.6 is 11.6 Å². The lowest BCUT2D eigenvalue weighted by Crippen LogP contribution is -2.14. The van der Waals surface area contributed by atoms with Crippen LogP contribution in [-0.2, 0) is 16.1 Å². The molecule has 0 saturated carbocycles. The Morgan fingerprint density at radius 1 is 1.19 bits per heavy atom. The van der Waals surface area contributed by atoms with Gasteiger partial charge in [-0.3, -0.25) is 0 Å². The lowest BCUT2D eigenvalue weighted by Gasteiger charge is -2.08. The van der Waals surface area contributed by atoms with Crippen LogP contribution in [0.15, 0.2) is 42.5 Å². The highest BCUT2D eigenvalue weighted by Gasteiger charge is 2.07. The Morgan fingerprint density at radius 2 is 1.90 bits per heavy atom. The molecule has 0 aliphatic carbocycles. The van der Waals surface area contributed by atoms with Gasteiger partial charge in [-0.2, -0.15) is 0 Å². The van der Waals surface area contributed by atoms with Crippen molar-refractivity contribution >= 4 is 23.3 Å². The number of aryl methyl sites for hydroxylation is 1. The second kappa shape index (κ2) is 6.99. The molecule has 0 radical (unpaired) electrons. The van der Waals surface area contributed by atoms with E-state index >= 15 is 0 Å². The van der Waals surface area contributed by atoms with Crippen LogP contribution < -0.4 is 10.5 Å². The zero-order valence-corrected chi connectivity index (χ0v) is 12.4. The molecule has 0 saturated heterocycles. The number of anilines is 1. The number of esters is 1. The summed E-state index contributed by atoms with van der Waals surface area (Å²) in [5, 5.41) is 0.585. The van der Waals surface area contributed by atoms with Gasteiger partial charge in [0.1, 0.15) is 12.4 Å². The predicted molar refractivity (Wildman–Crippen MR) is 82.3 cm³/mol. The first-order valence-corrected chi connectivity index (χ1v) is 6.81. The Balaban J connectivity index is 1.80. The number of carbonyl (C=O) groups excluding carboxylic acids is 1. The third-order valence-corrected chi connectivity index (χ3v) is 3.19. The van der Waals surface area contributed by atoms with Crippen molar-refractivity contribution in [2.45, 2.75) is 13.5 Å². The smallest absolute Gasteiger partial charge is 0.344 e. The van der Waals surface area contributed by atoms with Crippen molar-refractivity contribution in [2.75, 3.05) is 12.3 Å². The van der Waals surface area contributed by atoms with E-state index in [1.165, 1.54) is 0 Å². The molecule has 2 N–H and O–H groups in total. The lowest BCUT2D eigenvalue weighted by molar-refractivity contribution is -0.147. The average Bonchev–Trinajstić information content (AvgIpc) is 2.46. The molecule has 0 aliphatic heterocycles. The van der Waals surface area contributed by atoms with Crippen molar-refractivity contribution in [1.82, 2.24) is 0 Å². The number of rotatable bonds is 5. The van der Waals surface area contributed by atoms with Crippen molar-refractivity contribution < 1.29 is 14.3 Å². The van der Waals surface area contributed by atoms with Crippen LogP contribution in [-0.4, -0.2) is 12.6 Å². The predicted octanol–water partition coefficient (Wildman–Crippen LogP) is 3.35. The molecule has 4 nitrogen and oxygen atoms in total. The molecule has 0 fully saturated rings. The highest BCUT2D eigenvalue weighted by atomic mass is 35.5. The molecular weight excluding hydrogens is 290 g/mol. The van der Waals surface area contributed by atoms with Gasteiger partial charge < -0.3 is 15.2 Å². The minimum absolute atomic E-state index is 0.128. The molecular formula is C16H16ClNO3. The highest BCUT2D eigenvalue weighted by molar-refractivity contribution is 6.31. The van der Waals surface area contributed by atoms with Crippen LogP contribution in [0.5, 0.6) is 5.75 Å². The average molecular weight is 306 g/mol. The van der Waals surface area contributed by atoms with E-state index in [1.54, 1.807) is 24.3 Å². The number of hydrogen-bond acceptors (Lipinski definition) is 4. The summed E-state index contributed by atoms with van der Waals surface area (Å²) in [6.45, 7) is 1.92. The fourth-order valence-electron chi connectivity index (χ4n) is 1.68. The monoisotopic (exact) mass is 305 g/mol. The van der Waals surface area contributed by atoms with Gasteiger partial charge in [-0.15, -0.1) is 0 Å². The van der Waals surface area contributed by atoms with Gasteiger partial charge in [-0.05, 0) is 42.8 Å². The Hall–Kier alpha value is -2.20. The summed E-state index contributed by atoms with van der Waals surface area (Å²) in [6.07, 6.45) is 0. The van der Waals surface area contributed by atoms with Crippen LogP contribution in [0, 0.1) is 6.92 Å². The minimum Gasteiger partial charge on any atom is -0.482 e. The molecule has 0 bridgehead atoms. The Labute approximate surface area is 128 Å². The van der Waals surface area contributed by atoms with Crippen LogP contribution in [0.4, 0.5) is 5.69 Å². The van der Waals surface area contributed by atoms with Gasteiger partial charge in [-0.25, -0.2) is 4.79 Å². The second-order valence-electron chi connectivity index (χ2n) is 4.61. The zero-order valence-electron chi connectivity index (χ0n) is 11.6. The van der Waals surface area contributed by atoms with E-state index in [2.05, 4.69) is 0 Å². The number of nitrogens with two attached hydrogens (primary N) is 1. The van der Waals surface area contributed by atoms with Crippen molar-refractivity contribution in [2.24, 2.45) is 0 Å². The SMILES string of the molecule is Cc1ccc(COC(=O)COc2ccc(N)cc2)c(Cl)c1. The van der Waals surface area contributed by atoms with Crippen LogP contribution in [0.3, 0.4) is 0 Å². The van der Waals surface area contributed by atoms with Crippen molar-refractivity contribution in [3.8, 4) is 5.75 Å². The Bertz CT molecular complexity index is 626. The second-order valence-corrected chi connectivity index (χ2v) is 5.02. The summed E-state index contributed by atoms with van der Waals surface area (Å²) in [4.78, 5) is 11.6. The molecule has 2 aromatic rings. The van der Waals surface area contributed by atoms with Crippen molar-refractivity contribution in [3.63, 3.8) is 0 Å². The normalized spacial score (nSPS) is 10.2. The van der Waals surface area contributed by atoms with Gasteiger partial charge in [0, 0.05) is 16.3 Å². The minimum atomic E-state index is -0.455. The molecule has 5 heteroatoms. The molecule has 21 heavy (non-hydrogen) atoms. The fraction of sp³-hybridized carbons (Fsp3) is 0.188. The van der Waals surface area contributed by atoms with Gasteiger partial charge in [0.25, 0.3) is 0 Å². The number of nitrogen functional groups attached to an aromatic ring is 1. The number of hydrogen-bond donors (Lipinski definition) is 1. The van der Waals surface area contributed by atoms with E-state index in [9.17, 15) is 4.79 Å². The van der Waals surface area contributed by atoms with E-state index in [4.69, 9.17) is 26.8 Å². The van der Waals surface area contributed by atoms with Gasteiger partial charge in [0.05, 0.1) is 0 Å². The van der Waals surface area contributed by atoms with Gasteiger partial charge >= 0.3 is 5.97 Å². The largest absolute Gasteiger partial charge is 0.482 e. The molecule has 0 heterocycles. The first-order valence-electron chi connectivity index (χ1n) is 6.43. The van der Waals surface area contributed by atoms with Crippen molar-refractivity contribution in [3.05, 3.63) is 58.6 Å². The van der Waals surface area contributed by atoms with Crippen LogP contribution in [0.2, 0.25) is 5.02 Å². The maximum atomic E-state index is 11.6. The molecule has 0 unspecified atom stereocenters. The van der Waals surface area contributed by atoms with E-state index in [0.29, 0.717) is 16.5 Å². The summed E-state index contributed by atoms with van der Waals surface area (Å²) >= 11 is 6.07. The zero-order chi connectivity index (χ0) is 15.2. The molecule has 110 valence electrons. The maximum absolute atomic E-state index is 11.6. The van der Waals surface area contributed by atoms with E-state index < -0.39 is 5.97 Å². The Morgan fingerprint density at radius 3 is 2.57 bits per heavy atom. The number of benzene rings is 2. The summed E-state index contributed by atoms with van der Waals surface area (Å²) in [5.41, 5.74) is 8.02.